The van der Waals surface area contributed by atoms with Crippen LogP contribution in [0.25, 0.3) is 0 Å². The Bertz CT molecular complexity index is 3650. The number of carbonyl (C=O) groups excluding carboxylic acids is 18. The minimum absolute atomic E-state index is 0.00906. The molecule has 41 nitrogen and oxygen atoms in total. The zero-order chi connectivity index (χ0) is 91.1. The molecule has 7 amide bonds. The summed E-state index contributed by atoms with van der Waals surface area (Å²) in [5, 5.41) is 13.7. The van der Waals surface area contributed by atoms with Crippen LogP contribution in [-0.2, 0) is 182 Å². The number of unbranched alkanes of at least 4 members (excludes halogenated alkanes) is 6. The molecule has 0 aromatic rings. The summed E-state index contributed by atoms with van der Waals surface area (Å²) in [5.74, 6) is -11.1. The molecule has 3 rings (SSSR count). The number of hydrogen-bond acceptors (Lipinski definition) is 35. The van der Waals surface area contributed by atoms with Gasteiger partial charge < -0.3 is 103 Å². The smallest absolute Gasteiger partial charge is 0.463 e. The second-order valence-corrected chi connectivity index (χ2v) is 33.3. The molecular formula is C78H122N7O34PS2. The van der Waals surface area contributed by atoms with Crippen LogP contribution in [-0.4, -0.2) is 299 Å². The van der Waals surface area contributed by atoms with Crippen molar-refractivity contribution in [2.24, 2.45) is 0 Å². The maximum absolute atomic E-state index is 14.5. The predicted molar refractivity (Wildman–Crippen MR) is 429 cm³/mol. The first kappa shape index (κ1) is 107. The number of hydrogen-bond donors (Lipinski definition) is 5. The number of ether oxygens (including phenoxy) is 16. The molecular weight excluding hydrogens is 1670 g/mol. The van der Waals surface area contributed by atoms with Crippen LogP contribution in [0.5, 0.6) is 0 Å². The van der Waals surface area contributed by atoms with Crippen molar-refractivity contribution in [3.63, 3.8) is 0 Å². The number of amides is 7. The van der Waals surface area contributed by atoms with E-state index >= 15 is 0 Å². The fourth-order valence-electron chi connectivity index (χ4n) is 13.2. The van der Waals surface area contributed by atoms with Crippen LogP contribution in [0.15, 0.2) is 0 Å². The Kier molecular flexibility index (Phi) is 51.5. The molecule has 0 spiro atoms. The van der Waals surface area contributed by atoms with Crippen molar-refractivity contribution in [3.8, 4) is 0 Å². The van der Waals surface area contributed by atoms with Gasteiger partial charge in [-0.05, 0) is 44.9 Å². The van der Waals surface area contributed by atoms with Crippen molar-refractivity contribution >= 4 is 134 Å². The molecule has 0 saturated carbocycles. The van der Waals surface area contributed by atoms with Crippen molar-refractivity contribution < 1.29 is 162 Å². The van der Waals surface area contributed by atoms with Gasteiger partial charge in [-0.15, -0.1) is 0 Å². The number of rotatable bonds is 55. The summed E-state index contributed by atoms with van der Waals surface area (Å²) >= 11 is 5.03. The van der Waals surface area contributed by atoms with Gasteiger partial charge in [-0.3, -0.25) is 71.9 Å². The van der Waals surface area contributed by atoms with Crippen LogP contribution in [0.2, 0.25) is 0 Å². The van der Waals surface area contributed by atoms with Gasteiger partial charge in [-0.2, -0.15) is 0 Å². The molecule has 3 fully saturated rings. The van der Waals surface area contributed by atoms with E-state index in [2.05, 4.69) is 34.4 Å². The van der Waals surface area contributed by atoms with Crippen LogP contribution in [0, 0.1) is 0 Å². The summed E-state index contributed by atoms with van der Waals surface area (Å²) in [6.07, 6.45) is -12.9. The zero-order valence-corrected chi connectivity index (χ0v) is 74.2. The minimum atomic E-state index is -1.36. The standard InChI is InChI=1S/C78H122N7O34PS2/c1-14-58(116-65(102)31-30-57(98)44-122(120)121)75(103)85(35-25-33-80-63(100)28-19-16-22-39-105-77-67(82-46(3)87)73(114-55(12)96)70(111-52(9)93)60(118-77)42-108-49(6)90)37-26-36-84(64(101)29-20-17-23-40-106-78-68(83-47(4)88)74(115-56(13)97)71(112-53(10)94)61(119-78)43-109-50(7)91)34-24-32-79-62(99)27-18-15-21-38-104-76-66(81-45(2)86)72(113-54(11)95)69(110-51(8)92)59(117-76)41-107-48(5)89/h58-61,66-74,76-78H,14-44H2,1-13H3,(H,79,99)(H,80,100)(H,81,86)(H,82,87)(H,83,88)/t58?,59?,60?,61?,66?,67?,68?,69-,70-,71-,72+,73+,74+,76+,77+,78+/m0/s1. The van der Waals surface area contributed by atoms with E-state index in [1.807, 2.05) is 0 Å². The van der Waals surface area contributed by atoms with Gasteiger partial charge in [-0.25, -0.2) is 0 Å². The molecule has 690 valence electrons. The van der Waals surface area contributed by atoms with Crippen molar-refractivity contribution in [2.45, 2.75) is 304 Å². The maximum atomic E-state index is 14.5. The topological polar surface area (TPSA) is 522 Å². The zero-order valence-electron chi connectivity index (χ0n) is 71.7. The first-order chi connectivity index (χ1) is 57.7. The van der Waals surface area contributed by atoms with Crippen LogP contribution in [0.4, 0.5) is 0 Å². The molecule has 0 aromatic carbocycles. The Labute approximate surface area is 717 Å². The molecule has 7 unspecified atom stereocenters. The van der Waals surface area contributed by atoms with E-state index in [1.54, 1.807) is 11.8 Å². The number of nitrogens with zero attached hydrogens (tertiary/aromatic N) is 2. The van der Waals surface area contributed by atoms with Crippen molar-refractivity contribution in [2.75, 3.05) is 84.7 Å². The van der Waals surface area contributed by atoms with Crippen LogP contribution < -0.4 is 26.6 Å². The van der Waals surface area contributed by atoms with Gasteiger partial charge in [0.15, 0.2) is 55.5 Å². The molecule has 3 aliphatic heterocycles. The van der Waals surface area contributed by atoms with E-state index in [9.17, 15) is 86.3 Å². The number of ketones is 1. The summed E-state index contributed by atoms with van der Waals surface area (Å²) in [4.78, 5) is 231. The molecule has 0 radical (unpaired) electrons. The van der Waals surface area contributed by atoms with E-state index in [0.29, 0.717) is 57.8 Å². The average molecular weight is 1800 g/mol. The SMILES string of the molecule is CCC(OC(=O)CCC(=O)CS(#P)=S)C(=O)N(CCCNC(=O)CCCCCO[C@@H]1OC(COC(C)=O)[C@H](OC(C)=O)[C@H](OC(C)=O)C1NC(C)=O)CCCN(CCCNC(=O)CCCCCO[C@@H]1OC(COC(C)=O)[C@H](OC(C)=O)[C@H](OC(C)=O)C1NC(C)=O)C(=O)CCCCCO[C@@H]1OC(COC(C)=O)[C@H](OC(C)=O)[C@H](OC(C)=O)C1NC(C)=O. The summed E-state index contributed by atoms with van der Waals surface area (Å²) in [6, 6.07) is -3.57. The molecule has 0 aromatic heterocycles. The molecule has 0 bridgehead atoms. The summed E-state index contributed by atoms with van der Waals surface area (Å²) < 4.78 is 90.6. The molecule has 16 atom stereocenters. The Hall–Kier alpha value is -8.71. The summed E-state index contributed by atoms with van der Waals surface area (Å²) in [7, 11) is 3.18. The molecule has 122 heavy (non-hydrogen) atoms. The average Bonchev–Trinajstić information content (AvgIpc) is 0.796. The second kappa shape index (κ2) is 58.4. The fraction of sp³-hybridized carbons (Fsp3) is 0.769. The van der Waals surface area contributed by atoms with E-state index in [1.165, 1.54) is 25.7 Å². The van der Waals surface area contributed by atoms with E-state index in [-0.39, 0.29) is 146 Å². The van der Waals surface area contributed by atoms with E-state index in [0.717, 1.165) is 62.3 Å². The Balaban J connectivity index is 1.81. The van der Waals surface area contributed by atoms with Gasteiger partial charge in [0.2, 0.25) is 35.4 Å². The second-order valence-electron chi connectivity index (χ2n) is 29.1. The van der Waals surface area contributed by atoms with Crippen LogP contribution >= 0.6 is 7.81 Å². The fourth-order valence-corrected chi connectivity index (χ4v) is 14.5. The van der Waals surface area contributed by atoms with Gasteiger partial charge in [0, 0.05) is 148 Å². The van der Waals surface area contributed by atoms with Gasteiger partial charge in [0.25, 0.3) is 0 Å². The third-order valence-corrected chi connectivity index (χ3v) is 19.7. The Morgan fingerprint density at radius 3 is 1.02 bits per heavy atom. The van der Waals surface area contributed by atoms with Crippen molar-refractivity contribution in [3.05, 3.63) is 0 Å². The Morgan fingerprint density at radius 1 is 0.385 bits per heavy atom. The van der Waals surface area contributed by atoms with Crippen LogP contribution in [0.3, 0.4) is 0 Å². The molecule has 44 heteroatoms. The number of nitrogens with one attached hydrogen (secondary N) is 5. The van der Waals surface area contributed by atoms with Gasteiger partial charge in [0.05, 0.1) is 0 Å². The number of carbonyl (C=O) groups is 18. The molecule has 5 N–H and O–H groups in total. The minimum Gasteiger partial charge on any atom is -0.463 e. The number of Topliss-reactive ketones (excluding diaryl/α,β-unsaturated/α-hetero) is 1. The molecule has 3 heterocycles. The van der Waals surface area contributed by atoms with Gasteiger partial charge in [0.1, 0.15) is 56.3 Å². The summed E-state index contributed by atoms with van der Waals surface area (Å²) in [5.41, 5.74) is 0. The quantitative estimate of drug-likeness (QED) is 0.0251. The monoisotopic (exact) mass is 1800 g/mol. The van der Waals surface area contributed by atoms with E-state index in [4.69, 9.17) is 87.0 Å². The Morgan fingerprint density at radius 2 is 0.705 bits per heavy atom. The summed E-state index contributed by atoms with van der Waals surface area (Å²) in [6.45, 7) is 14.6. The normalized spacial score (nSPS) is 22.4. The molecule has 3 aliphatic rings. The number of esters is 10. The first-order valence-corrected chi connectivity index (χ1v) is 44.0. The van der Waals surface area contributed by atoms with Crippen LogP contribution in [0.1, 0.15) is 206 Å². The van der Waals surface area contributed by atoms with Gasteiger partial charge in [-0.1, -0.05) is 19.3 Å². The predicted octanol–water partition coefficient (Wildman–Crippen LogP) is 1.82. The third-order valence-electron chi connectivity index (χ3n) is 18.4. The van der Waals surface area contributed by atoms with Crippen molar-refractivity contribution in [1.82, 2.24) is 36.4 Å². The molecule has 3 saturated heterocycles. The van der Waals surface area contributed by atoms with Gasteiger partial charge >= 0.3 is 187 Å². The third kappa shape index (κ3) is 43.6. The first-order valence-electron chi connectivity index (χ1n) is 40.6. The van der Waals surface area contributed by atoms with E-state index < -0.39 is 210 Å². The molecule has 0 aliphatic carbocycles. The van der Waals surface area contributed by atoms with Crippen molar-refractivity contribution in [1.29, 1.82) is 0 Å².